The van der Waals surface area contributed by atoms with Crippen LogP contribution in [0.5, 0.6) is 0 Å². The molecule has 0 aromatic carbocycles. The molecule has 2 fully saturated rings. The Morgan fingerprint density at radius 2 is 0.663 bits per heavy atom. The van der Waals surface area contributed by atoms with Gasteiger partial charge in [-0.05, 0) is 109 Å². The maximum atomic E-state index is 13.4. The number of ether oxygens (including phenoxy) is 4. The minimum atomic E-state index is -1.80. The van der Waals surface area contributed by atoms with Gasteiger partial charge in [0, 0.05) is 6.42 Å². The Bertz CT molecular complexity index is 2370. The number of carbonyl (C=O) groups is 1. The molecule has 0 bridgehead atoms. The monoisotopic (exact) mass is 1450 g/mol. The lowest BCUT2D eigenvalue weighted by Crippen LogP contribution is -2.65. The van der Waals surface area contributed by atoms with Crippen LogP contribution in [0.3, 0.4) is 0 Å². The van der Waals surface area contributed by atoms with E-state index in [4.69, 9.17) is 18.9 Å². The van der Waals surface area contributed by atoms with Crippen LogP contribution in [0.25, 0.3) is 0 Å². The molecule has 9 N–H and O–H groups in total. The summed E-state index contributed by atoms with van der Waals surface area (Å²) in [6.07, 6.45) is 93.2. The molecular weight excluding hydrogens is 1300 g/mol. The van der Waals surface area contributed by atoms with Crippen LogP contribution in [0.2, 0.25) is 0 Å². The highest BCUT2D eigenvalue weighted by Gasteiger charge is 2.51. The molecule has 1 amide bonds. The Morgan fingerprint density at radius 3 is 1.02 bits per heavy atom. The minimum Gasteiger partial charge on any atom is -0.394 e. The van der Waals surface area contributed by atoms with Crippen LogP contribution in [0.4, 0.5) is 0 Å². The predicted octanol–water partition coefficient (Wildman–Crippen LogP) is 19.7. The molecule has 2 rings (SSSR count). The molecule has 14 nitrogen and oxygen atoms in total. The van der Waals surface area contributed by atoms with Crippen molar-refractivity contribution in [2.24, 2.45) is 0 Å². The highest BCUT2D eigenvalue weighted by atomic mass is 16.7. The largest absolute Gasteiger partial charge is 0.394 e. The van der Waals surface area contributed by atoms with Gasteiger partial charge >= 0.3 is 0 Å². The molecule has 2 aliphatic rings. The second-order valence-corrected chi connectivity index (χ2v) is 28.5. The number of nitrogens with one attached hydrogen (secondary N) is 1. The molecule has 12 unspecified atom stereocenters. The average Bonchev–Trinajstić information content (AvgIpc) is 0.791. The number of aliphatic hydroxyl groups is 8. The van der Waals surface area contributed by atoms with Crippen molar-refractivity contribution in [3.05, 3.63) is 158 Å². The number of hydrogen-bond acceptors (Lipinski definition) is 13. The molecule has 594 valence electrons. The summed E-state index contributed by atoms with van der Waals surface area (Å²) < 4.78 is 22.9. The summed E-state index contributed by atoms with van der Waals surface area (Å²) in [5, 5.41) is 87.7. The normalized spacial score (nSPS) is 22.3. The van der Waals surface area contributed by atoms with E-state index in [-0.39, 0.29) is 18.9 Å². The molecular formula is C90H151NO13. The zero-order valence-electron chi connectivity index (χ0n) is 65.2. The van der Waals surface area contributed by atoms with Gasteiger partial charge in [0.1, 0.15) is 48.8 Å². The summed E-state index contributed by atoms with van der Waals surface area (Å²) in [6, 6.07) is -0.953. The first kappa shape index (κ1) is 95.7. The topological polar surface area (TPSA) is 228 Å². The lowest BCUT2D eigenvalue weighted by molar-refractivity contribution is -0.359. The third-order valence-electron chi connectivity index (χ3n) is 19.2. The first-order valence-corrected chi connectivity index (χ1v) is 41.7. The number of amides is 1. The van der Waals surface area contributed by atoms with Crippen molar-refractivity contribution < 1.29 is 64.6 Å². The smallest absolute Gasteiger partial charge is 0.220 e. The lowest BCUT2D eigenvalue weighted by atomic mass is 9.97. The Labute approximate surface area is 633 Å². The molecule has 104 heavy (non-hydrogen) atoms. The zero-order valence-corrected chi connectivity index (χ0v) is 65.2. The van der Waals surface area contributed by atoms with Crippen molar-refractivity contribution in [3.63, 3.8) is 0 Å². The van der Waals surface area contributed by atoms with E-state index in [1.165, 1.54) is 167 Å². The second-order valence-electron chi connectivity index (χ2n) is 28.5. The predicted molar refractivity (Wildman–Crippen MR) is 433 cm³/mol. The van der Waals surface area contributed by atoms with E-state index in [1.807, 2.05) is 6.08 Å². The molecule has 2 heterocycles. The van der Waals surface area contributed by atoms with E-state index in [1.54, 1.807) is 6.08 Å². The van der Waals surface area contributed by atoms with Crippen molar-refractivity contribution in [1.82, 2.24) is 5.32 Å². The summed E-state index contributed by atoms with van der Waals surface area (Å²) >= 11 is 0. The summed E-state index contributed by atoms with van der Waals surface area (Å²) in [5.74, 6) is -0.284. The molecule has 0 saturated carbocycles. The van der Waals surface area contributed by atoms with Gasteiger partial charge in [-0.2, -0.15) is 0 Å². The van der Waals surface area contributed by atoms with Gasteiger partial charge in [-0.3, -0.25) is 4.79 Å². The molecule has 0 aromatic rings. The standard InChI is InChI=1S/C90H151NO13/c1-3-5-7-9-11-13-15-17-19-21-23-25-27-29-31-33-35-36-37-38-39-40-41-42-44-46-48-50-52-54-56-58-60-62-64-66-68-70-72-74-82(95)91-78(77-101-89-87(100)85(98)88(81(76-93)103-89)104-90-86(99)84(97)83(96)80(75-92)102-90)79(94)73-71-69-67-65-63-61-59-57-55-53-51-49-47-45-43-34-32-30-28-26-24-22-20-18-16-14-12-10-8-6-4-2/h5,7,11,13,17,19,23,25,29,31,35-36,38-39,41-42,46,48,52,54,58,60,64,66,71,73,78-81,83-90,92-94,96-100H,3-4,6,8-10,12,14-16,18,20-22,24,26-28,30,32-34,37,40,43-45,47,49-51,53,55-57,59,61-63,65,67-70,72,74-77H2,1-2H3,(H,91,95)/b7-5-,13-11-,19-17-,25-23-,31-29-,36-35-,39-38-,42-41-,48-46-,54-52-,60-58-,66-64-,73-71+. The van der Waals surface area contributed by atoms with Crippen molar-refractivity contribution in [3.8, 4) is 0 Å². The Hall–Kier alpha value is -4.39. The van der Waals surface area contributed by atoms with Gasteiger partial charge in [-0.15, -0.1) is 0 Å². The zero-order chi connectivity index (χ0) is 75.1. The number of aliphatic hydroxyl groups excluding tert-OH is 8. The minimum absolute atomic E-state index is 0.216. The van der Waals surface area contributed by atoms with E-state index in [0.717, 1.165) is 116 Å². The molecule has 2 aliphatic heterocycles. The highest BCUT2D eigenvalue weighted by Crippen LogP contribution is 2.30. The van der Waals surface area contributed by atoms with Gasteiger partial charge < -0.3 is 65.1 Å². The van der Waals surface area contributed by atoms with E-state index < -0.39 is 86.8 Å². The van der Waals surface area contributed by atoms with Gasteiger partial charge in [-0.1, -0.05) is 352 Å². The number of unbranched alkanes of at least 4 members (excludes halogenated alkanes) is 31. The van der Waals surface area contributed by atoms with Crippen LogP contribution >= 0.6 is 0 Å². The Balaban J connectivity index is 1.66. The summed E-state index contributed by atoms with van der Waals surface area (Å²) in [7, 11) is 0. The fraction of sp³-hybridized carbons (Fsp3) is 0.700. The number of hydrogen-bond donors (Lipinski definition) is 9. The number of allylic oxidation sites excluding steroid dienone is 25. The van der Waals surface area contributed by atoms with E-state index in [0.29, 0.717) is 6.42 Å². The van der Waals surface area contributed by atoms with Crippen molar-refractivity contribution in [2.75, 3.05) is 19.8 Å². The third-order valence-corrected chi connectivity index (χ3v) is 19.2. The Morgan fingerprint density at radius 1 is 0.356 bits per heavy atom. The van der Waals surface area contributed by atoms with Gasteiger partial charge in [0.15, 0.2) is 12.6 Å². The van der Waals surface area contributed by atoms with Crippen molar-refractivity contribution in [2.45, 2.75) is 383 Å². The molecule has 0 aromatic heterocycles. The van der Waals surface area contributed by atoms with Crippen molar-refractivity contribution >= 4 is 5.91 Å². The third kappa shape index (κ3) is 53.4. The van der Waals surface area contributed by atoms with E-state index in [9.17, 15) is 45.6 Å². The number of carbonyl (C=O) groups excluding carboxylic acids is 1. The van der Waals surface area contributed by atoms with E-state index >= 15 is 0 Å². The molecule has 0 aliphatic carbocycles. The second kappa shape index (κ2) is 71.5. The van der Waals surface area contributed by atoms with Crippen LogP contribution in [0.1, 0.15) is 309 Å². The maximum absolute atomic E-state index is 13.4. The summed E-state index contributed by atoms with van der Waals surface area (Å²) in [6.45, 7) is 2.68. The molecule has 12 atom stereocenters. The molecule has 0 spiro atoms. The van der Waals surface area contributed by atoms with E-state index in [2.05, 4.69) is 165 Å². The Kier molecular flexibility index (Phi) is 65.8. The summed E-state index contributed by atoms with van der Waals surface area (Å²) in [5.41, 5.74) is 0. The summed E-state index contributed by atoms with van der Waals surface area (Å²) in [4.78, 5) is 13.4. The van der Waals surface area contributed by atoms with Crippen LogP contribution in [0, 0.1) is 0 Å². The van der Waals surface area contributed by atoms with Crippen molar-refractivity contribution in [1.29, 1.82) is 0 Å². The highest BCUT2D eigenvalue weighted by molar-refractivity contribution is 5.76. The lowest BCUT2D eigenvalue weighted by Gasteiger charge is -2.46. The average molecular weight is 1460 g/mol. The fourth-order valence-corrected chi connectivity index (χ4v) is 12.7. The quantitative estimate of drug-likeness (QED) is 0.0204. The van der Waals surface area contributed by atoms with Crippen LogP contribution in [-0.2, 0) is 23.7 Å². The van der Waals surface area contributed by atoms with Crippen LogP contribution in [0.15, 0.2) is 158 Å². The van der Waals surface area contributed by atoms with Crippen LogP contribution in [-0.4, -0.2) is 140 Å². The molecule has 14 heteroatoms. The first-order valence-electron chi connectivity index (χ1n) is 41.7. The number of rotatable bonds is 68. The molecule has 0 radical (unpaired) electrons. The first-order chi connectivity index (χ1) is 51.1. The van der Waals surface area contributed by atoms with Gasteiger partial charge in [-0.25, -0.2) is 0 Å². The maximum Gasteiger partial charge on any atom is 0.220 e. The molecule has 2 saturated heterocycles. The SMILES string of the molecule is CC/C=C\C/C=C\C/C=C\C/C=C\C/C=C\C/C=C\C/C=C\C/C=C\C/C=C\C/C=C\C/C=C\C/C=C\CCCCC(=O)NC(COC1OC(CO)C(OC2OC(CO)C(O)C(O)C2O)C(O)C1O)C(O)/C=C/CCCCCCCCCCCCCCCCCCCCCCCCCCCCCCC. The van der Waals surface area contributed by atoms with Gasteiger partial charge in [0.2, 0.25) is 5.91 Å². The van der Waals surface area contributed by atoms with Gasteiger partial charge in [0.05, 0.1) is 32.0 Å². The fourth-order valence-electron chi connectivity index (χ4n) is 12.7. The van der Waals surface area contributed by atoms with Crippen LogP contribution < -0.4 is 5.32 Å². The van der Waals surface area contributed by atoms with Gasteiger partial charge in [0.25, 0.3) is 0 Å².